The van der Waals surface area contributed by atoms with Crippen LogP contribution in [0.4, 0.5) is 5.69 Å². The van der Waals surface area contributed by atoms with E-state index in [4.69, 9.17) is 0 Å². The summed E-state index contributed by atoms with van der Waals surface area (Å²) in [6.45, 7) is 3.75. The van der Waals surface area contributed by atoms with Gasteiger partial charge in [0.2, 0.25) is 0 Å². The topological polar surface area (TPSA) is 83.9 Å². The average molecular weight is 390 g/mol. The Hall–Kier alpha value is -3.33. The van der Waals surface area contributed by atoms with Crippen LogP contribution in [0.25, 0.3) is 22.7 Å². The summed E-state index contributed by atoms with van der Waals surface area (Å²) in [7, 11) is 4.22. The molecule has 0 aromatic carbocycles. The zero-order valence-electron chi connectivity index (χ0n) is 16.6. The Morgan fingerprint density at radius 2 is 1.86 bits per heavy atom. The maximum atomic E-state index is 12.8. The van der Waals surface area contributed by atoms with Gasteiger partial charge in [-0.25, -0.2) is 9.97 Å². The van der Waals surface area contributed by atoms with Crippen LogP contribution in [-0.4, -0.2) is 67.3 Å². The predicted molar refractivity (Wildman–Crippen MR) is 110 cm³/mol. The molecule has 9 nitrogen and oxygen atoms in total. The number of pyridine rings is 1. The maximum Gasteiger partial charge on any atom is 0.258 e. The second-order valence-electron chi connectivity index (χ2n) is 7.67. The Morgan fingerprint density at radius 3 is 2.66 bits per heavy atom. The highest BCUT2D eigenvalue weighted by atomic mass is 16.1. The SMILES string of the molecule is Cc1nc2ccc(-c3cc(=O)n4cc(N5CC[C@@H](N(C)C)C5)ccc4n3)nn2n1. The number of likely N-dealkylation sites (N-methyl/N-ethyl adjacent to an activating group) is 1. The lowest BCUT2D eigenvalue weighted by Crippen LogP contribution is -2.31. The lowest BCUT2D eigenvalue weighted by Gasteiger charge is -2.22. The molecule has 5 rings (SSSR count). The molecular formula is C20H22N8O. The molecule has 0 saturated carbocycles. The minimum absolute atomic E-state index is 0.133. The third-order valence-electron chi connectivity index (χ3n) is 5.48. The lowest BCUT2D eigenvalue weighted by molar-refractivity contribution is 0.315. The van der Waals surface area contributed by atoms with Crippen molar-refractivity contribution in [2.45, 2.75) is 19.4 Å². The quantitative estimate of drug-likeness (QED) is 0.520. The molecule has 4 aromatic heterocycles. The molecule has 29 heavy (non-hydrogen) atoms. The number of rotatable bonds is 3. The number of hydrogen-bond donors (Lipinski definition) is 0. The molecule has 1 aliphatic rings. The highest BCUT2D eigenvalue weighted by molar-refractivity contribution is 5.60. The Morgan fingerprint density at radius 1 is 1.03 bits per heavy atom. The first-order chi connectivity index (χ1) is 14.0. The summed E-state index contributed by atoms with van der Waals surface area (Å²) in [5, 5.41) is 8.67. The van der Waals surface area contributed by atoms with Crippen LogP contribution in [0.2, 0.25) is 0 Å². The summed E-state index contributed by atoms with van der Waals surface area (Å²) in [5.74, 6) is 0.645. The first-order valence-electron chi connectivity index (χ1n) is 9.64. The molecule has 148 valence electrons. The van der Waals surface area contributed by atoms with Crippen molar-refractivity contribution in [2.75, 3.05) is 32.1 Å². The fourth-order valence-electron chi connectivity index (χ4n) is 3.83. The summed E-state index contributed by atoms with van der Waals surface area (Å²) in [5.41, 5.74) is 3.26. The van der Waals surface area contributed by atoms with Gasteiger partial charge in [-0.2, -0.15) is 0 Å². The monoisotopic (exact) mass is 390 g/mol. The normalized spacial score (nSPS) is 17.1. The summed E-state index contributed by atoms with van der Waals surface area (Å²) in [6.07, 6.45) is 3.00. The van der Waals surface area contributed by atoms with Gasteiger partial charge in [0.15, 0.2) is 5.65 Å². The van der Waals surface area contributed by atoms with E-state index >= 15 is 0 Å². The summed E-state index contributed by atoms with van der Waals surface area (Å²) < 4.78 is 3.06. The van der Waals surface area contributed by atoms with E-state index in [0.717, 1.165) is 25.2 Å². The number of anilines is 1. The van der Waals surface area contributed by atoms with E-state index in [1.807, 2.05) is 37.4 Å². The van der Waals surface area contributed by atoms with E-state index in [9.17, 15) is 4.79 Å². The van der Waals surface area contributed by atoms with Gasteiger partial charge in [-0.15, -0.1) is 14.8 Å². The van der Waals surface area contributed by atoms with Gasteiger partial charge in [-0.05, 0) is 51.7 Å². The second-order valence-corrected chi connectivity index (χ2v) is 7.67. The van der Waals surface area contributed by atoms with Crippen LogP contribution in [0.1, 0.15) is 12.2 Å². The molecule has 0 bridgehead atoms. The molecule has 4 aromatic rings. The van der Waals surface area contributed by atoms with E-state index in [-0.39, 0.29) is 5.56 Å². The van der Waals surface area contributed by atoms with Gasteiger partial charge in [0.25, 0.3) is 5.56 Å². The van der Waals surface area contributed by atoms with E-state index in [2.05, 4.69) is 44.1 Å². The second kappa shape index (κ2) is 6.63. The van der Waals surface area contributed by atoms with Crippen LogP contribution >= 0.6 is 0 Å². The highest BCUT2D eigenvalue weighted by Gasteiger charge is 2.24. The Labute approximate surface area is 167 Å². The van der Waals surface area contributed by atoms with Gasteiger partial charge in [-0.3, -0.25) is 9.20 Å². The number of hydrogen-bond acceptors (Lipinski definition) is 7. The van der Waals surface area contributed by atoms with Gasteiger partial charge in [-0.1, -0.05) is 0 Å². The first-order valence-corrected chi connectivity index (χ1v) is 9.64. The van der Waals surface area contributed by atoms with Crippen LogP contribution in [0.15, 0.2) is 41.3 Å². The van der Waals surface area contributed by atoms with Crippen molar-refractivity contribution in [3.63, 3.8) is 0 Å². The van der Waals surface area contributed by atoms with Crippen molar-refractivity contribution >= 4 is 17.0 Å². The van der Waals surface area contributed by atoms with Crippen molar-refractivity contribution in [2.24, 2.45) is 0 Å². The molecule has 9 heteroatoms. The standard InChI is InChI=1S/C20H22N8O/c1-13-21-19-7-5-16(24-28(19)23-13)17-10-20(29)27-12-15(4-6-18(27)22-17)26-9-8-14(11-26)25(2)3/h4-7,10,12,14H,8-9,11H2,1-3H3/t14-/m1/s1. The summed E-state index contributed by atoms with van der Waals surface area (Å²) >= 11 is 0. The fraction of sp³-hybridized carbons (Fsp3) is 0.350. The van der Waals surface area contributed by atoms with Crippen LogP contribution < -0.4 is 10.5 Å². The summed E-state index contributed by atoms with van der Waals surface area (Å²) in [4.78, 5) is 26.3. The largest absolute Gasteiger partial charge is 0.369 e. The van der Waals surface area contributed by atoms with Crippen molar-refractivity contribution in [3.05, 3.63) is 52.7 Å². The van der Waals surface area contributed by atoms with Crippen molar-refractivity contribution in [1.29, 1.82) is 0 Å². The van der Waals surface area contributed by atoms with Gasteiger partial charge in [0.1, 0.15) is 17.2 Å². The van der Waals surface area contributed by atoms with E-state index in [1.165, 1.54) is 10.7 Å². The maximum absolute atomic E-state index is 12.8. The molecule has 0 amide bonds. The van der Waals surface area contributed by atoms with Crippen LogP contribution in [0.3, 0.4) is 0 Å². The van der Waals surface area contributed by atoms with Gasteiger partial charge < -0.3 is 9.80 Å². The molecule has 1 aliphatic heterocycles. The van der Waals surface area contributed by atoms with Crippen molar-refractivity contribution in [1.82, 2.24) is 34.1 Å². The third-order valence-corrected chi connectivity index (χ3v) is 5.48. The van der Waals surface area contributed by atoms with Crippen molar-refractivity contribution < 1.29 is 0 Å². The molecule has 0 N–H and O–H groups in total. The van der Waals surface area contributed by atoms with E-state index in [0.29, 0.717) is 34.5 Å². The molecule has 5 heterocycles. The number of fused-ring (bicyclic) bond motifs is 2. The van der Waals surface area contributed by atoms with Crippen LogP contribution in [0.5, 0.6) is 0 Å². The summed E-state index contributed by atoms with van der Waals surface area (Å²) in [6, 6.07) is 9.60. The predicted octanol–water partition coefficient (Wildman–Crippen LogP) is 1.25. The van der Waals surface area contributed by atoms with E-state index in [1.54, 1.807) is 4.40 Å². The van der Waals surface area contributed by atoms with Crippen LogP contribution in [-0.2, 0) is 0 Å². The minimum Gasteiger partial charge on any atom is -0.369 e. The smallest absolute Gasteiger partial charge is 0.258 e. The molecule has 1 saturated heterocycles. The number of nitrogens with zero attached hydrogens (tertiary/aromatic N) is 8. The number of aryl methyl sites for hydroxylation is 1. The molecular weight excluding hydrogens is 368 g/mol. The van der Waals surface area contributed by atoms with Gasteiger partial charge in [0, 0.05) is 31.4 Å². The molecule has 0 spiro atoms. The Balaban J connectivity index is 1.52. The zero-order chi connectivity index (χ0) is 20.1. The minimum atomic E-state index is -0.133. The molecule has 1 fully saturated rings. The lowest BCUT2D eigenvalue weighted by atomic mass is 10.2. The fourth-order valence-corrected chi connectivity index (χ4v) is 3.83. The van der Waals surface area contributed by atoms with Crippen molar-refractivity contribution in [3.8, 4) is 11.4 Å². The van der Waals surface area contributed by atoms with E-state index < -0.39 is 0 Å². The Bertz CT molecular complexity index is 1270. The van der Waals surface area contributed by atoms with Crippen LogP contribution in [0, 0.1) is 6.92 Å². The third kappa shape index (κ3) is 3.13. The number of aromatic nitrogens is 6. The van der Waals surface area contributed by atoms with Gasteiger partial charge >= 0.3 is 0 Å². The highest BCUT2D eigenvalue weighted by Crippen LogP contribution is 2.23. The molecule has 1 atom stereocenters. The molecule has 0 aliphatic carbocycles. The zero-order valence-corrected chi connectivity index (χ0v) is 16.6. The molecule has 0 unspecified atom stereocenters. The van der Waals surface area contributed by atoms with Gasteiger partial charge in [0.05, 0.1) is 11.4 Å². The first kappa shape index (κ1) is 17.7. The average Bonchev–Trinajstić information content (AvgIpc) is 3.33. The molecule has 0 radical (unpaired) electrons. The Kier molecular flexibility index (Phi) is 4.06.